The number of carbonyl (C=O) groups is 2. The molecule has 0 aliphatic carbocycles. The molecule has 4 rings (SSSR count). The summed E-state index contributed by atoms with van der Waals surface area (Å²) < 4.78 is 10.9. The van der Waals surface area contributed by atoms with Crippen molar-refractivity contribution in [2.45, 2.75) is 19.3 Å². The van der Waals surface area contributed by atoms with Crippen LogP contribution >= 0.6 is 0 Å². The van der Waals surface area contributed by atoms with Crippen molar-refractivity contribution in [3.63, 3.8) is 0 Å². The number of benzene rings is 2. The molecule has 30 heavy (non-hydrogen) atoms. The lowest BCUT2D eigenvalue weighted by atomic mass is 9.96. The lowest BCUT2D eigenvalue weighted by molar-refractivity contribution is -0.120. The Morgan fingerprint density at radius 2 is 1.90 bits per heavy atom. The quantitative estimate of drug-likeness (QED) is 0.678. The third kappa shape index (κ3) is 4.64. The fourth-order valence-corrected chi connectivity index (χ4v) is 3.87. The van der Waals surface area contributed by atoms with Gasteiger partial charge in [0.05, 0.1) is 13.5 Å². The molecule has 1 aliphatic heterocycles. The molecule has 0 bridgehead atoms. The van der Waals surface area contributed by atoms with E-state index in [4.69, 9.17) is 9.15 Å². The Kier molecular flexibility index (Phi) is 6.02. The van der Waals surface area contributed by atoms with Gasteiger partial charge in [-0.05, 0) is 48.6 Å². The summed E-state index contributed by atoms with van der Waals surface area (Å²) in [4.78, 5) is 26.9. The fraction of sp³-hybridized carbons (Fsp3) is 0.333. The topological polar surface area (TPSA) is 71.8 Å². The number of amides is 2. The number of rotatable bonds is 6. The predicted molar refractivity (Wildman–Crippen MR) is 115 cm³/mol. The number of fused-ring (bicyclic) bond motifs is 1. The van der Waals surface area contributed by atoms with Gasteiger partial charge in [0.2, 0.25) is 5.91 Å². The van der Waals surface area contributed by atoms with Crippen LogP contribution in [0.5, 0.6) is 5.75 Å². The number of para-hydroxylation sites is 1. The molecule has 1 aliphatic rings. The average Bonchev–Trinajstić information content (AvgIpc) is 3.22. The summed E-state index contributed by atoms with van der Waals surface area (Å²) in [7, 11) is 1.62. The second kappa shape index (κ2) is 9.03. The Morgan fingerprint density at radius 3 is 2.67 bits per heavy atom. The maximum atomic E-state index is 12.7. The molecular weight excluding hydrogens is 380 g/mol. The SMILES string of the molecule is COc1cccc(CC(=O)NCC2CCN(C(=O)c3cc4ccccc4o3)CC2)c1. The highest BCUT2D eigenvalue weighted by Gasteiger charge is 2.26. The van der Waals surface area contributed by atoms with E-state index in [0.717, 1.165) is 35.1 Å². The summed E-state index contributed by atoms with van der Waals surface area (Å²) in [6.45, 7) is 1.98. The molecule has 1 saturated heterocycles. The molecule has 1 aromatic heterocycles. The fourth-order valence-electron chi connectivity index (χ4n) is 3.87. The molecule has 156 valence electrons. The first-order valence-corrected chi connectivity index (χ1v) is 10.3. The zero-order valence-corrected chi connectivity index (χ0v) is 17.1. The standard InChI is InChI=1S/C24H26N2O4/c1-29-20-7-4-5-18(13-20)14-23(27)25-16-17-9-11-26(12-10-17)24(28)22-15-19-6-2-3-8-21(19)30-22/h2-8,13,15,17H,9-12,14,16H2,1H3,(H,25,27). The molecule has 0 atom stereocenters. The van der Waals surface area contributed by atoms with Crippen molar-refractivity contribution in [2.24, 2.45) is 5.92 Å². The molecule has 0 unspecified atom stereocenters. The van der Waals surface area contributed by atoms with Crippen LogP contribution in [0.1, 0.15) is 29.0 Å². The van der Waals surface area contributed by atoms with E-state index in [1.807, 2.05) is 59.5 Å². The minimum atomic E-state index is -0.0632. The molecule has 6 heteroatoms. The van der Waals surface area contributed by atoms with Crippen molar-refractivity contribution < 1.29 is 18.7 Å². The lowest BCUT2D eigenvalue weighted by Gasteiger charge is -2.31. The Morgan fingerprint density at radius 1 is 1.10 bits per heavy atom. The second-order valence-corrected chi connectivity index (χ2v) is 7.72. The third-order valence-electron chi connectivity index (χ3n) is 5.62. The molecule has 6 nitrogen and oxygen atoms in total. The highest BCUT2D eigenvalue weighted by atomic mass is 16.5. The van der Waals surface area contributed by atoms with Gasteiger partial charge in [-0.25, -0.2) is 0 Å². The highest BCUT2D eigenvalue weighted by Crippen LogP contribution is 2.23. The van der Waals surface area contributed by atoms with E-state index >= 15 is 0 Å². The van der Waals surface area contributed by atoms with Crippen LogP contribution in [0.25, 0.3) is 11.0 Å². The zero-order chi connectivity index (χ0) is 20.9. The number of methoxy groups -OCH3 is 1. The maximum absolute atomic E-state index is 12.7. The summed E-state index contributed by atoms with van der Waals surface area (Å²) in [6.07, 6.45) is 2.07. The molecule has 2 amide bonds. The minimum Gasteiger partial charge on any atom is -0.497 e. The summed E-state index contributed by atoms with van der Waals surface area (Å²) in [6, 6.07) is 17.0. The highest BCUT2D eigenvalue weighted by molar-refractivity contribution is 5.96. The van der Waals surface area contributed by atoms with Crippen LogP contribution in [-0.2, 0) is 11.2 Å². The Labute approximate surface area is 175 Å². The van der Waals surface area contributed by atoms with E-state index in [2.05, 4.69) is 5.32 Å². The first-order valence-electron chi connectivity index (χ1n) is 10.3. The molecule has 0 saturated carbocycles. The zero-order valence-electron chi connectivity index (χ0n) is 17.1. The number of piperidine rings is 1. The van der Waals surface area contributed by atoms with Gasteiger partial charge in [0.15, 0.2) is 5.76 Å². The van der Waals surface area contributed by atoms with Gasteiger partial charge in [0, 0.05) is 25.0 Å². The van der Waals surface area contributed by atoms with E-state index < -0.39 is 0 Å². The van der Waals surface area contributed by atoms with E-state index in [1.54, 1.807) is 7.11 Å². The number of hydrogen-bond donors (Lipinski definition) is 1. The number of nitrogens with one attached hydrogen (secondary N) is 1. The molecular formula is C24H26N2O4. The summed E-state index contributed by atoms with van der Waals surface area (Å²) >= 11 is 0. The number of ether oxygens (including phenoxy) is 1. The Hall–Kier alpha value is -3.28. The van der Waals surface area contributed by atoms with Gasteiger partial charge in [-0.2, -0.15) is 0 Å². The summed E-state index contributed by atoms with van der Waals surface area (Å²) in [5.41, 5.74) is 1.66. The van der Waals surface area contributed by atoms with Crippen LogP contribution in [0.4, 0.5) is 0 Å². The Bertz CT molecular complexity index is 1000. The van der Waals surface area contributed by atoms with Crippen molar-refractivity contribution in [3.8, 4) is 5.75 Å². The number of hydrogen-bond acceptors (Lipinski definition) is 4. The molecule has 1 fully saturated rings. The van der Waals surface area contributed by atoms with Crippen molar-refractivity contribution in [1.29, 1.82) is 0 Å². The van der Waals surface area contributed by atoms with Gasteiger partial charge in [-0.15, -0.1) is 0 Å². The predicted octanol–water partition coefficient (Wildman–Crippen LogP) is 3.65. The van der Waals surface area contributed by atoms with Gasteiger partial charge >= 0.3 is 0 Å². The van der Waals surface area contributed by atoms with Crippen molar-refractivity contribution in [1.82, 2.24) is 10.2 Å². The molecule has 1 N–H and O–H groups in total. The lowest BCUT2D eigenvalue weighted by Crippen LogP contribution is -2.41. The van der Waals surface area contributed by atoms with E-state index in [1.165, 1.54) is 0 Å². The van der Waals surface area contributed by atoms with Crippen LogP contribution in [0, 0.1) is 5.92 Å². The first-order chi connectivity index (χ1) is 14.6. The molecule has 3 aromatic rings. The number of likely N-dealkylation sites (tertiary alicyclic amines) is 1. The molecule has 2 aromatic carbocycles. The summed E-state index contributed by atoms with van der Waals surface area (Å²) in [5.74, 6) is 1.46. The normalized spacial score (nSPS) is 14.6. The molecule has 0 radical (unpaired) electrons. The van der Waals surface area contributed by atoms with Crippen LogP contribution < -0.4 is 10.1 Å². The first kappa shape index (κ1) is 20.0. The van der Waals surface area contributed by atoms with E-state index in [0.29, 0.717) is 37.7 Å². The third-order valence-corrected chi connectivity index (χ3v) is 5.62. The van der Waals surface area contributed by atoms with Crippen LogP contribution in [-0.4, -0.2) is 43.5 Å². The van der Waals surface area contributed by atoms with Gasteiger partial charge in [-0.1, -0.05) is 30.3 Å². The second-order valence-electron chi connectivity index (χ2n) is 7.72. The van der Waals surface area contributed by atoms with Crippen LogP contribution in [0.15, 0.2) is 59.0 Å². The minimum absolute atomic E-state index is 0.00374. The van der Waals surface area contributed by atoms with Crippen LogP contribution in [0.2, 0.25) is 0 Å². The number of nitrogens with zero attached hydrogens (tertiary/aromatic N) is 1. The van der Waals surface area contributed by atoms with Gasteiger partial charge in [0.25, 0.3) is 5.91 Å². The van der Waals surface area contributed by atoms with Gasteiger partial charge in [0.1, 0.15) is 11.3 Å². The van der Waals surface area contributed by atoms with E-state index in [9.17, 15) is 9.59 Å². The average molecular weight is 406 g/mol. The smallest absolute Gasteiger partial charge is 0.289 e. The van der Waals surface area contributed by atoms with E-state index in [-0.39, 0.29) is 11.8 Å². The van der Waals surface area contributed by atoms with Gasteiger partial charge < -0.3 is 19.4 Å². The molecule has 2 heterocycles. The largest absolute Gasteiger partial charge is 0.497 e. The van der Waals surface area contributed by atoms with Crippen molar-refractivity contribution >= 4 is 22.8 Å². The monoisotopic (exact) mass is 406 g/mol. The van der Waals surface area contributed by atoms with Gasteiger partial charge in [-0.3, -0.25) is 9.59 Å². The number of carbonyl (C=O) groups excluding carboxylic acids is 2. The maximum Gasteiger partial charge on any atom is 0.289 e. The van der Waals surface area contributed by atoms with Crippen LogP contribution in [0.3, 0.4) is 0 Å². The Balaban J connectivity index is 1.24. The molecule has 0 spiro atoms. The van der Waals surface area contributed by atoms with Crippen molar-refractivity contribution in [2.75, 3.05) is 26.7 Å². The van der Waals surface area contributed by atoms with Crippen molar-refractivity contribution in [3.05, 3.63) is 65.9 Å². The summed E-state index contributed by atoms with van der Waals surface area (Å²) in [5, 5.41) is 3.97. The number of furan rings is 1.